The first kappa shape index (κ1) is 27.6. The summed E-state index contributed by atoms with van der Waals surface area (Å²) >= 11 is 0. The standard InChI is InChI=1S/C32H42N4O3/c1-23-18-36(38)19-24(2)30(23)31(37)33-14-12-32(4,13-15-33)35-17-16-34(25(3)20-35)21-26-10-11-27(22-39-5)29-9-7-6-8-28(26)29/h6-11,18-19,25H,12-17,20-22H2,1-5H3/t25-/m0/s1. The van der Waals surface area contributed by atoms with Gasteiger partial charge in [-0.2, -0.15) is 4.73 Å². The number of hydrogen-bond donors (Lipinski definition) is 0. The first-order valence-corrected chi connectivity index (χ1v) is 14.2. The van der Waals surface area contributed by atoms with Gasteiger partial charge in [-0.05, 0) is 62.4 Å². The van der Waals surface area contributed by atoms with Crippen molar-refractivity contribution < 1.29 is 14.3 Å². The van der Waals surface area contributed by atoms with E-state index >= 15 is 0 Å². The Labute approximate surface area is 232 Å². The molecule has 7 nitrogen and oxygen atoms in total. The number of carbonyl (C=O) groups excluding carboxylic acids is 1. The molecule has 7 heteroatoms. The predicted octanol–water partition coefficient (Wildman–Crippen LogP) is 4.44. The Morgan fingerprint density at radius 3 is 2.23 bits per heavy atom. The van der Waals surface area contributed by atoms with E-state index in [0.717, 1.165) is 68.0 Å². The average molecular weight is 531 g/mol. The minimum atomic E-state index is 0.0505. The number of piperidine rings is 1. The maximum atomic E-state index is 13.3. The highest BCUT2D eigenvalue weighted by Crippen LogP contribution is 2.33. The number of methoxy groups -OCH3 is 1. The van der Waals surface area contributed by atoms with Gasteiger partial charge in [0.2, 0.25) is 0 Å². The van der Waals surface area contributed by atoms with E-state index in [9.17, 15) is 10.0 Å². The topological polar surface area (TPSA) is 63.0 Å². The molecule has 208 valence electrons. The Balaban J connectivity index is 1.22. The second kappa shape index (κ2) is 11.2. The van der Waals surface area contributed by atoms with Crippen LogP contribution in [0.3, 0.4) is 0 Å². The van der Waals surface area contributed by atoms with Gasteiger partial charge in [-0.1, -0.05) is 36.4 Å². The van der Waals surface area contributed by atoms with Gasteiger partial charge in [-0.15, -0.1) is 0 Å². The second-order valence-electron chi connectivity index (χ2n) is 11.8. The van der Waals surface area contributed by atoms with Crippen molar-refractivity contribution in [1.82, 2.24) is 14.7 Å². The summed E-state index contributed by atoms with van der Waals surface area (Å²) in [6.07, 6.45) is 4.91. The summed E-state index contributed by atoms with van der Waals surface area (Å²) in [7, 11) is 1.75. The highest BCUT2D eigenvalue weighted by molar-refractivity contribution is 5.96. The summed E-state index contributed by atoms with van der Waals surface area (Å²) < 4.78 is 6.21. The lowest BCUT2D eigenvalue weighted by Gasteiger charge is -2.51. The molecule has 5 rings (SSSR count). The molecule has 2 aliphatic heterocycles. The average Bonchev–Trinajstić information content (AvgIpc) is 2.91. The Morgan fingerprint density at radius 1 is 1.00 bits per heavy atom. The van der Waals surface area contributed by atoms with E-state index in [1.54, 1.807) is 7.11 Å². The van der Waals surface area contributed by atoms with Crippen molar-refractivity contribution in [3.63, 3.8) is 0 Å². The third kappa shape index (κ3) is 5.53. The number of likely N-dealkylation sites (tertiary alicyclic amines) is 1. The van der Waals surface area contributed by atoms with Crippen LogP contribution < -0.4 is 4.73 Å². The molecule has 0 unspecified atom stereocenters. The molecule has 2 aromatic carbocycles. The van der Waals surface area contributed by atoms with Gasteiger partial charge in [0.1, 0.15) is 0 Å². The SMILES string of the molecule is COCc1ccc(CN2CCN(C3(C)CCN(C(=O)c4c(C)c[n+]([O-])cc4C)CC3)C[C@@H]2C)c2ccccc12. The summed E-state index contributed by atoms with van der Waals surface area (Å²) in [4.78, 5) is 20.6. The van der Waals surface area contributed by atoms with Crippen LogP contribution >= 0.6 is 0 Å². The van der Waals surface area contributed by atoms with Crippen molar-refractivity contribution >= 4 is 16.7 Å². The second-order valence-corrected chi connectivity index (χ2v) is 11.8. The number of ether oxygens (including phenoxy) is 1. The van der Waals surface area contributed by atoms with Crippen molar-refractivity contribution in [2.75, 3.05) is 39.8 Å². The first-order valence-electron chi connectivity index (χ1n) is 14.2. The van der Waals surface area contributed by atoms with Gasteiger partial charge in [0, 0.05) is 69.1 Å². The van der Waals surface area contributed by atoms with E-state index in [4.69, 9.17) is 4.74 Å². The molecule has 0 N–H and O–H groups in total. The van der Waals surface area contributed by atoms with E-state index in [-0.39, 0.29) is 11.4 Å². The van der Waals surface area contributed by atoms with Crippen LogP contribution in [0.25, 0.3) is 10.8 Å². The van der Waals surface area contributed by atoms with Crippen molar-refractivity contribution in [2.24, 2.45) is 0 Å². The number of fused-ring (bicyclic) bond motifs is 1. The first-order chi connectivity index (χ1) is 18.7. The fourth-order valence-corrected chi connectivity index (χ4v) is 6.64. The van der Waals surface area contributed by atoms with Gasteiger partial charge in [0.05, 0.1) is 12.2 Å². The molecule has 0 radical (unpaired) electrons. The van der Waals surface area contributed by atoms with Gasteiger partial charge in [0.15, 0.2) is 12.4 Å². The normalized spacial score (nSPS) is 20.4. The maximum absolute atomic E-state index is 13.3. The minimum Gasteiger partial charge on any atom is -0.619 e. The molecule has 2 saturated heterocycles. The minimum absolute atomic E-state index is 0.0505. The van der Waals surface area contributed by atoms with Crippen LogP contribution in [0.1, 0.15) is 59.3 Å². The zero-order chi connectivity index (χ0) is 27.7. The summed E-state index contributed by atoms with van der Waals surface area (Å²) in [5.41, 5.74) is 4.86. The van der Waals surface area contributed by atoms with E-state index in [1.165, 1.54) is 34.3 Å². The quantitative estimate of drug-likeness (QED) is 0.348. The fourth-order valence-electron chi connectivity index (χ4n) is 6.64. The molecule has 1 atom stereocenters. The van der Waals surface area contributed by atoms with E-state index in [1.807, 2.05) is 18.7 Å². The number of hydrogen-bond acceptors (Lipinski definition) is 5. The van der Waals surface area contributed by atoms with Crippen LogP contribution in [0, 0.1) is 19.1 Å². The molecule has 0 aliphatic carbocycles. The smallest absolute Gasteiger partial charge is 0.254 e. The van der Waals surface area contributed by atoms with Crippen LogP contribution in [0.2, 0.25) is 0 Å². The highest BCUT2D eigenvalue weighted by atomic mass is 16.5. The van der Waals surface area contributed by atoms with Gasteiger partial charge < -0.3 is 14.8 Å². The lowest BCUT2D eigenvalue weighted by molar-refractivity contribution is -0.606. The predicted molar refractivity (Wildman–Crippen MR) is 155 cm³/mol. The Kier molecular flexibility index (Phi) is 7.94. The number of carbonyl (C=O) groups is 1. The molecule has 3 heterocycles. The third-order valence-electron chi connectivity index (χ3n) is 9.08. The number of aryl methyl sites for hydroxylation is 2. The number of aromatic nitrogens is 1. The van der Waals surface area contributed by atoms with E-state index in [0.29, 0.717) is 18.2 Å². The summed E-state index contributed by atoms with van der Waals surface area (Å²) in [6, 6.07) is 13.6. The Morgan fingerprint density at radius 2 is 1.62 bits per heavy atom. The molecule has 0 spiro atoms. The largest absolute Gasteiger partial charge is 0.619 e. The molecular formula is C32H42N4O3. The number of pyridine rings is 1. The molecule has 1 aromatic heterocycles. The lowest BCUT2D eigenvalue weighted by Crippen LogP contribution is -2.61. The summed E-state index contributed by atoms with van der Waals surface area (Å²) in [6.45, 7) is 14.6. The van der Waals surface area contributed by atoms with Crippen molar-refractivity contribution in [3.8, 4) is 0 Å². The van der Waals surface area contributed by atoms with Crippen LogP contribution in [0.4, 0.5) is 0 Å². The van der Waals surface area contributed by atoms with Crippen LogP contribution in [0.5, 0.6) is 0 Å². The Bertz CT molecular complexity index is 1330. The molecule has 0 bridgehead atoms. The number of amides is 1. The molecule has 39 heavy (non-hydrogen) atoms. The van der Waals surface area contributed by atoms with Crippen molar-refractivity contribution in [1.29, 1.82) is 0 Å². The molecule has 0 saturated carbocycles. The summed E-state index contributed by atoms with van der Waals surface area (Å²) in [5.74, 6) is 0.0505. The van der Waals surface area contributed by atoms with Crippen LogP contribution in [-0.4, -0.2) is 72.0 Å². The van der Waals surface area contributed by atoms with Crippen LogP contribution in [-0.2, 0) is 17.9 Å². The monoisotopic (exact) mass is 530 g/mol. The Hall–Kier alpha value is -3.00. The number of rotatable bonds is 6. The molecule has 2 aliphatic rings. The molecular weight excluding hydrogens is 488 g/mol. The van der Waals surface area contributed by atoms with Gasteiger partial charge >= 0.3 is 0 Å². The van der Waals surface area contributed by atoms with E-state index < -0.39 is 0 Å². The number of piperazine rings is 1. The van der Waals surface area contributed by atoms with Crippen molar-refractivity contribution in [3.05, 3.63) is 81.8 Å². The third-order valence-corrected chi connectivity index (χ3v) is 9.08. The highest BCUT2D eigenvalue weighted by Gasteiger charge is 2.40. The van der Waals surface area contributed by atoms with Crippen molar-refractivity contribution in [2.45, 2.75) is 65.3 Å². The van der Waals surface area contributed by atoms with Crippen LogP contribution in [0.15, 0.2) is 48.8 Å². The number of nitrogens with zero attached hydrogens (tertiary/aromatic N) is 4. The zero-order valence-corrected chi connectivity index (χ0v) is 24.1. The van der Waals surface area contributed by atoms with Gasteiger partial charge in [-0.3, -0.25) is 14.6 Å². The zero-order valence-electron chi connectivity index (χ0n) is 24.1. The fraction of sp³-hybridized carbons (Fsp3) is 0.500. The maximum Gasteiger partial charge on any atom is 0.254 e. The summed E-state index contributed by atoms with van der Waals surface area (Å²) in [5, 5.41) is 14.3. The lowest BCUT2D eigenvalue weighted by atomic mass is 9.86. The van der Waals surface area contributed by atoms with Gasteiger partial charge in [-0.25, -0.2) is 0 Å². The number of benzene rings is 2. The van der Waals surface area contributed by atoms with E-state index in [2.05, 4.69) is 60.0 Å². The molecule has 2 fully saturated rings. The van der Waals surface area contributed by atoms with Gasteiger partial charge in [0.25, 0.3) is 5.91 Å². The molecule has 3 aromatic rings. The molecule has 1 amide bonds.